The molecule has 0 spiro atoms. The van der Waals surface area contributed by atoms with Gasteiger partial charge in [-0.15, -0.1) is 0 Å². The van der Waals surface area contributed by atoms with Gasteiger partial charge in [0.25, 0.3) is 0 Å². The smallest absolute Gasteiger partial charge is 0.0480 e. The van der Waals surface area contributed by atoms with E-state index in [1.54, 1.807) is 0 Å². The number of piperidine rings is 1. The fraction of sp³-hybridized carbons (Fsp3) is 1.00. The van der Waals surface area contributed by atoms with Crippen LogP contribution in [-0.2, 0) is 4.74 Å². The Morgan fingerprint density at radius 2 is 1.79 bits per heavy atom. The molecule has 2 bridgehead atoms. The molecule has 3 heterocycles. The van der Waals surface area contributed by atoms with Crippen molar-refractivity contribution in [2.45, 2.75) is 82.5 Å². The number of ether oxygens (including phenoxy) is 1. The minimum absolute atomic E-state index is 0.782. The van der Waals surface area contributed by atoms with Crippen LogP contribution in [0.1, 0.15) is 58.3 Å². The van der Waals surface area contributed by atoms with Gasteiger partial charge in [-0.25, -0.2) is 0 Å². The van der Waals surface area contributed by atoms with Gasteiger partial charge in [0.05, 0.1) is 0 Å². The van der Waals surface area contributed by atoms with Crippen molar-refractivity contribution in [3.63, 3.8) is 0 Å². The Bertz CT molecular complexity index is 264. The van der Waals surface area contributed by atoms with E-state index in [-0.39, 0.29) is 0 Å². The predicted octanol–water partition coefficient (Wildman–Crippen LogP) is 2.55. The fourth-order valence-electron chi connectivity index (χ4n) is 4.44. The van der Waals surface area contributed by atoms with Crippen molar-refractivity contribution in [3.8, 4) is 0 Å². The standard InChI is InChI=1S/C16H30N2O/c1-2-8-18(15-4-3-9-19-10-7-15)16-11-13-5-6-14(12-16)17-13/h13-17H,2-12H2,1H3. The van der Waals surface area contributed by atoms with Gasteiger partial charge in [-0.05, 0) is 57.9 Å². The van der Waals surface area contributed by atoms with E-state index in [1.165, 1.54) is 57.9 Å². The first-order chi connectivity index (χ1) is 9.36. The van der Waals surface area contributed by atoms with Crippen LogP contribution >= 0.6 is 0 Å². The van der Waals surface area contributed by atoms with Crippen molar-refractivity contribution in [1.29, 1.82) is 0 Å². The van der Waals surface area contributed by atoms with Gasteiger partial charge >= 0.3 is 0 Å². The predicted molar refractivity (Wildman–Crippen MR) is 78.4 cm³/mol. The molecule has 0 aromatic carbocycles. The molecule has 3 unspecified atom stereocenters. The van der Waals surface area contributed by atoms with E-state index in [2.05, 4.69) is 17.1 Å². The molecule has 3 aliphatic rings. The maximum atomic E-state index is 5.66. The van der Waals surface area contributed by atoms with Crippen LogP contribution in [0.25, 0.3) is 0 Å². The molecule has 0 radical (unpaired) electrons. The number of nitrogens with zero attached hydrogens (tertiary/aromatic N) is 1. The topological polar surface area (TPSA) is 24.5 Å². The Morgan fingerprint density at radius 3 is 2.53 bits per heavy atom. The summed E-state index contributed by atoms with van der Waals surface area (Å²) < 4.78 is 5.66. The summed E-state index contributed by atoms with van der Waals surface area (Å²) >= 11 is 0. The normalized spacial score (nSPS) is 39.5. The van der Waals surface area contributed by atoms with Crippen LogP contribution in [0.3, 0.4) is 0 Å². The van der Waals surface area contributed by atoms with Crippen LogP contribution in [0.2, 0.25) is 0 Å². The second kappa shape index (κ2) is 6.55. The van der Waals surface area contributed by atoms with Gasteiger partial charge in [0.15, 0.2) is 0 Å². The van der Waals surface area contributed by atoms with Crippen molar-refractivity contribution in [2.75, 3.05) is 19.8 Å². The van der Waals surface area contributed by atoms with Gasteiger partial charge in [0, 0.05) is 37.4 Å². The second-order valence-corrected chi connectivity index (χ2v) is 6.70. The van der Waals surface area contributed by atoms with Gasteiger partial charge in [0.1, 0.15) is 0 Å². The van der Waals surface area contributed by atoms with Gasteiger partial charge in [-0.2, -0.15) is 0 Å². The average molecular weight is 266 g/mol. The minimum Gasteiger partial charge on any atom is -0.381 e. The first-order valence-corrected chi connectivity index (χ1v) is 8.46. The van der Waals surface area contributed by atoms with Crippen LogP contribution in [0.5, 0.6) is 0 Å². The maximum absolute atomic E-state index is 5.66. The molecular formula is C16H30N2O. The van der Waals surface area contributed by atoms with Crippen molar-refractivity contribution >= 4 is 0 Å². The zero-order chi connectivity index (χ0) is 13.1. The summed E-state index contributed by atoms with van der Waals surface area (Å²) in [6.07, 6.45) is 10.7. The molecule has 3 heteroatoms. The molecule has 3 nitrogen and oxygen atoms in total. The average Bonchev–Trinajstić information content (AvgIpc) is 2.66. The number of rotatable bonds is 4. The lowest BCUT2D eigenvalue weighted by Crippen LogP contribution is -2.52. The number of hydrogen-bond acceptors (Lipinski definition) is 3. The largest absolute Gasteiger partial charge is 0.381 e. The molecule has 3 rings (SSSR count). The zero-order valence-corrected chi connectivity index (χ0v) is 12.4. The highest BCUT2D eigenvalue weighted by molar-refractivity contribution is 4.97. The van der Waals surface area contributed by atoms with E-state index < -0.39 is 0 Å². The Labute approximate surface area is 118 Å². The minimum atomic E-state index is 0.782. The second-order valence-electron chi connectivity index (χ2n) is 6.70. The van der Waals surface area contributed by atoms with E-state index in [0.29, 0.717) is 0 Å². The molecule has 0 aliphatic carbocycles. The highest BCUT2D eigenvalue weighted by Crippen LogP contribution is 2.32. The van der Waals surface area contributed by atoms with Crippen molar-refractivity contribution in [2.24, 2.45) is 0 Å². The first kappa shape index (κ1) is 13.8. The summed E-state index contributed by atoms with van der Waals surface area (Å²) in [5.41, 5.74) is 0. The molecule has 3 fully saturated rings. The highest BCUT2D eigenvalue weighted by atomic mass is 16.5. The lowest BCUT2D eigenvalue weighted by atomic mass is 9.94. The fourth-order valence-corrected chi connectivity index (χ4v) is 4.44. The Balaban J connectivity index is 1.65. The summed E-state index contributed by atoms with van der Waals surface area (Å²) in [7, 11) is 0. The van der Waals surface area contributed by atoms with E-state index in [1.807, 2.05) is 0 Å². The van der Waals surface area contributed by atoms with E-state index in [4.69, 9.17) is 4.74 Å². The third kappa shape index (κ3) is 3.32. The molecular weight excluding hydrogens is 236 g/mol. The molecule has 1 N–H and O–H groups in total. The van der Waals surface area contributed by atoms with E-state index >= 15 is 0 Å². The van der Waals surface area contributed by atoms with Crippen molar-refractivity contribution in [1.82, 2.24) is 10.2 Å². The molecule has 3 aliphatic heterocycles. The SMILES string of the molecule is CCCN(C1CCCOCC1)C1CC2CCC(C1)N2. The molecule has 0 aromatic heterocycles. The molecule has 110 valence electrons. The third-order valence-corrected chi connectivity index (χ3v) is 5.29. The van der Waals surface area contributed by atoms with Crippen LogP contribution in [0, 0.1) is 0 Å². The van der Waals surface area contributed by atoms with Crippen LogP contribution < -0.4 is 5.32 Å². The quantitative estimate of drug-likeness (QED) is 0.846. The molecule has 3 saturated heterocycles. The summed E-state index contributed by atoms with van der Waals surface area (Å²) in [6.45, 7) is 5.57. The Hall–Kier alpha value is -0.120. The summed E-state index contributed by atoms with van der Waals surface area (Å²) in [5, 5.41) is 3.78. The van der Waals surface area contributed by atoms with Gasteiger partial charge in [-0.1, -0.05) is 6.92 Å². The first-order valence-electron chi connectivity index (χ1n) is 8.46. The highest BCUT2D eigenvalue weighted by Gasteiger charge is 2.37. The monoisotopic (exact) mass is 266 g/mol. The summed E-state index contributed by atoms with van der Waals surface area (Å²) in [5.74, 6) is 0. The number of hydrogen-bond donors (Lipinski definition) is 1. The molecule has 0 amide bonds. The van der Waals surface area contributed by atoms with Crippen LogP contribution in [0.15, 0.2) is 0 Å². The Kier molecular flexibility index (Phi) is 4.78. The number of fused-ring (bicyclic) bond motifs is 2. The molecule has 3 atom stereocenters. The van der Waals surface area contributed by atoms with Gasteiger partial charge in [0.2, 0.25) is 0 Å². The Morgan fingerprint density at radius 1 is 1.00 bits per heavy atom. The molecule has 0 aromatic rings. The summed E-state index contributed by atoms with van der Waals surface area (Å²) in [4.78, 5) is 2.86. The summed E-state index contributed by atoms with van der Waals surface area (Å²) in [6, 6.07) is 3.24. The van der Waals surface area contributed by atoms with Crippen LogP contribution in [0.4, 0.5) is 0 Å². The molecule has 19 heavy (non-hydrogen) atoms. The lowest BCUT2D eigenvalue weighted by Gasteiger charge is -2.42. The van der Waals surface area contributed by atoms with Crippen molar-refractivity contribution < 1.29 is 4.74 Å². The van der Waals surface area contributed by atoms with Crippen LogP contribution in [-0.4, -0.2) is 48.8 Å². The maximum Gasteiger partial charge on any atom is 0.0480 e. The third-order valence-electron chi connectivity index (χ3n) is 5.29. The van der Waals surface area contributed by atoms with E-state index in [9.17, 15) is 0 Å². The van der Waals surface area contributed by atoms with Crippen molar-refractivity contribution in [3.05, 3.63) is 0 Å². The van der Waals surface area contributed by atoms with Gasteiger partial charge in [-0.3, -0.25) is 4.90 Å². The van der Waals surface area contributed by atoms with Gasteiger partial charge < -0.3 is 10.1 Å². The lowest BCUT2D eigenvalue weighted by molar-refractivity contribution is 0.0777. The molecule has 0 saturated carbocycles. The number of nitrogens with one attached hydrogen (secondary N) is 1. The zero-order valence-electron chi connectivity index (χ0n) is 12.4. The van der Waals surface area contributed by atoms with E-state index in [0.717, 1.165) is 37.4 Å².